The average Bonchev–Trinajstić information content (AvgIpc) is 2.69. The highest BCUT2D eigenvalue weighted by atomic mass is 35.5. The van der Waals surface area contributed by atoms with Gasteiger partial charge in [0.1, 0.15) is 12.4 Å². The van der Waals surface area contributed by atoms with Crippen LogP contribution in [-0.2, 0) is 9.84 Å². The van der Waals surface area contributed by atoms with Gasteiger partial charge in [-0.2, -0.15) is 0 Å². The Labute approximate surface area is 121 Å². The Morgan fingerprint density at radius 2 is 2.10 bits per heavy atom. The summed E-state index contributed by atoms with van der Waals surface area (Å²) in [4.78, 5) is 4.36. The molecule has 0 spiro atoms. The molecule has 3 rings (SSSR count). The van der Waals surface area contributed by atoms with Crippen LogP contribution in [0.3, 0.4) is 0 Å². The molecule has 0 unspecified atom stereocenters. The van der Waals surface area contributed by atoms with Crippen LogP contribution in [0.15, 0.2) is 52.5 Å². The number of hydrogen-bond acceptors (Lipinski definition) is 4. The van der Waals surface area contributed by atoms with E-state index in [1.54, 1.807) is 36.5 Å². The predicted octanol–water partition coefficient (Wildman–Crippen LogP) is 2.94. The Hall–Kier alpha value is -1.85. The number of pyridine rings is 1. The van der Waals surface area contributed by atoms with Crippen molar-refractivity contribution in [2.75, 3.05) is 6.61 Å². The molecule has 0 bridgehead atoms. The fourth-order valence-corrected chi connectivity index (χ4v) is 3.69. The van der Waals surface area contributed by atoms with Crippen molar-refractivity contribution in [2.24, 2.45) is 0 Å². The van der Waals surface area contributed by atoms with E-state index in [-0.39, 0.29) is 16.4 Å². The van der Waals surface area contributed by atoms with Crippen LogP contribution in [0.25, 0.3) is 6.08 Å². The smallest absolute Gasteiger partial charge is 0.206 e. The molecular formula is C14H10ClNO3S. The van der Waals surface area contributed by atoms with Crippen LogP contribution in [-0.4, -0.2) is 20.0 Å². The lowest BCUT2D eigenvalue weighted by atomic mass is 10.2. The van der Waals surface area contributed by atoms with Crippen molar-refractivity contribution in [3.05, 3.63) is 58.2 Å². The number of aromatic nitrogens is 1. The molecular weight excluding hydrogens is 298 g/mol. The lowest BCUT2D eigenvalue weighted by molar-refractivity contribution is 0.357. The Kier molecular flexibility index (Phi) is 3.23. The molecule has 1 aromatic heterocycles. The summed E-state index contributed by atoms with van der Waals surface area (Å²) in [6, 6.07) is 8.25. The van der Waals surface area contributed by atoms with E-state index in [9.17, 15) is 8.42 Å². The number of rotatable bonds is 3. The molecule has 1 aliphatic heterocycles. The maximum Gasteiger partial charge on any atom is 0.206 e. The van der Waals surface area contributed by atoms with E-state index >= 15 is 0 Å². The first-order chi connectivity index (χ1) is 9.57. The summed E-state index contributed by atoms with van der Waals surface area (Å²) in [5, 5.41) is 0.398. The fourth-order valence-electron chi connectivity index (χ4n) is 1.96. The molecule has 0 fully saturated rings. The van der Waals surface area contributed by atoms with Gasteiger partial charge in [0.05, 0.1) is 16.0 Å². The van der Waals surface area contributed by atoms with Gasteiger partial charge in [-0.25, -0.2) is 8.42 Å². The standard InChI is InChI=1S/C14H10ClNO3S/c15-11-4-3-10-6-13(20(17,18)14(10)7-11)9-19-12-2-1-5-16-8-12/h1-8H,9H2. The molecule has 0 aliphatic carbocycles. The number of sulfone groups is 1. The molecule has 2 heterocycles. The maximum absolute atomic E-state index is 12.3. The van der Waals surface area contributed by atoms with Crippen LogP contribution in [0.1, 0.15) is 5.56 Å². The van der Waals surface area contributed by atoms with Gasteiger partial charge >= 0.3 is 0 Å². The summed E-state index contributed by atoms with van der Waals surface area (Å²) < 4.78 is 30.1. The van der Waals surface area contributed by atoms with Crippen molar-refractivity contribution in [3.63, 3.8) is 0 Å². The van der Waals surface area contributed by atoms with Crippen molar-refractivity contribution >= 4 is 27.5 Å². The van der Waals surface area contributed by atoms with Crippen molar-refractivity contribution in [2.45, 2.75) is 4.90 Å². The molecule has 6 heteroatoms. The van der Waals surface area contributed by atoms with Crippen molar-refractivity contribution in [1.82, 2.24) is 4.98 Å². The molecule has 1 aliphatic rings. The summed E-state index contributed by atoms with van der Waals surface area (Å²) in [6.45, 7) is -0.0275. The second-order valence-electron chi connectivity index (χ2n) is 4.27. The first kappa shape index (κ1) is 13.1. The quantitative estimate of drug-likeness (QED) is 0.875. The Bertz CT molecular complexity index is 785. The zero-order chi connectivity index (χ0) is 14.2. The van der Waals surface area contributed by atoms with Crippen LogP contribution in [0, 0.1) is 0 Å². The number of hydrogen-bond donors (Lipinski definition) is 0. The highest BCUT2D eigenvalue weighted by Crippen LogP contribution is 2.34. The van der Waals surface area contributed by atoms with Gasteiger partial charge in [-0.3, -0.25) is 4.98 Å². The zero-order valence-electron chi connectivity index (χ0n) is 10.3. The van der Waals surface area contributed by atoms with E-state index in [0.717, 1.165) is 0 Å². The van der Waals surface area contributed by atoms with Crippen LogP contribution < -0.4 is 4.74 Å². The molecule has 0 saturated heterocycles. The number of nitrogens with zero attached hydrogens (tertiary/aromatic N) is 1. The molecule has 0 atom stereocenters. The molecule has 0 saturated carbocycles. The van der Waals surface area contributed by atoms with E-state index in [1.165, 1.54) is 12.3 Å². The number of fused-ring (bicyclic) bond motifs is 1. The van der Waals surface area contributed by atoms with Crippen molar-refractivity contribution in [3.8, 4) is 5.75 Å². The zero-order valence-corrected chi connectivity index (χ0v) is 11.9. The van der Waals surface area contributed by atoms with Gasteiger partial charge in [-0.15, -0.1) is 0 Å². The third-order valence-electron chi connectivity index (χ3n) is 2.94. The van der Waals surface area contributed by atoms with Crippen LogP contribution in [0.2, 0.25) is 5.02 Å². The molecule has 1 aromatic carbocycles. The number of benzene rings is 1. The van der Waals surface area contributed by atoms with E-state index in [4.69, 9.17) is 16.3 Å². The third kappa shape index (κ3) is 2.30. The van der Waals surface area contributed by atoms with Gasteiger partial charge in [0.2, 0.25) is 9.84 Å². The summed E-state index contributed by atoms with van der Waals surface area (Å²) >= 11 is 5.84. The van der Waals surface area contributed by atoms with Gasteiger partial charge in [0, 0.05) is 11.2 Å². The van der Waals surface area contributed by atoms with Gasteiger partial charge in [-0.05, 0) is 35.9 Å². The predicted molar refractivity (Wildman–Crippen MR) is 76.3 cm³/mol. The lowest BCUT2D eigenvalue weighted by Crippen LogP contribution is -2.09. The van der Waals surface area contributed by atoms with Gasteiger partial charge < -0.3 is 4.74 Å². The minimum absolute atomic E-state index is 0.0275. The Morgan fingerprint density at radius 1 is 1.25 bits per heavy atom. The highest BCUT2D eigenvalue weighted by molar-refractivity contribution is 7.95. The normalized spacial score (nSPS) is 15.6. The fraction of sp³-hybridized carbons (Fsp3) is 0.0714. The molecule has 102 valence electrons. The minimum atomic E-state index is -3.51. The SMILES string of the molecule is O=S1(=O)C(COc2cccnc2)=Cc2ccc(Cl)cc21. The topological polar surface area (TPSA) is 56.3 Å². The van der Waals surface area contributed by atoms with Crippen molar-refractivity contribution in [1.29, 1.82) is 0 Å². The molecule has 4 nitrogen and oxygen atoms in total. The summed E-state index contributed by atoms with van der Waals surface area (Å²) in [5.74, 6) is 0.526. The second kappa shape index (κ2) is 4.92. The van der Waals surface area contributed by atoms with E-state index in [0.29, 0.717) is 16.3 Å². The number of halogens is 1. The van der Waals surface area contributed by atoms with Crippen LogP contribution in [0.4, 0.5) is 0 Å². The summed E-state index contributed by atoms with van der Waals surface area (Å²) in [7, 11) is -3.51. The monoisotopic (exact) mass is 307 g/mol. The van der Waals surface area contributed by atoms with Crippen LogP contribution >= 0.6 is 11.6 Å². The third-order valence-corrected chi connectivity index (χ3v) is 5.04. The maximum atomic E-state index is 12.3. The first-order valence-corrected chi connectivity index (χ1v) is 7.71. The lowest BCUT2D eigenvalue weighted by Gasteiger charge is -2.06. The summed E-state index contributed by atoms with van der Waals surface area (Å²) in [5.41, 5.74) is 0.638. The largest absolute Gasteiger partial charge is 0.487 e. The average molecular weight is 308 g/mol. The molecule has 0 radical (unpaired) electrons. The molecule has 0 N–H and O–H groups in total. The van der Waals surface area contributed by atoms with Gasteiger partial charge in [0.25, 0.3) is 0 Å². The number of ether oxygens (including phenoxy) is 1. The Morgan fingerprint density at radius 3 is 2.85 bits per heavy atom. The highest BCUT2D eigenvalue weighted by Gasteiger charge is 2.30. The van der Waals surface area contributed by atoms with Crippen molar-refractivity contribution < 1.29 is 13.2 Å². The second-order valence-corrected chi connectivity index (χ2v) is 6.68. The Balaban J connectivity index is 1.86. The molecule has 20 heavy (non-hydrogen) atoms. The van der Waals surface area contributed by atoms with E-state index in [1.807, 2.05) is 0 Å². The molecule has 0 amide bonds. The first-order valence-electron chi connectivity index (χ1n) is 5.85. The molecule has 2 aromatic rings. The van der Waals surface area contributed by atoms with E-state index < -0.39 is 9.84 Å². The van der Waals surface area contributed by atoms with Gasteiger partial charge in [0.15, 0.2) is 0 Å². The van der Waals surface area contributed by atoms with Crippen LogP contribution in [0.5, 0.6) is 5.75 Å². The van der Waals surface area contributed by atoms with Gasteiger partial charge in [-0.1, -0.05) is 17.7 Å². The minimum Gasteiger partial charge on any atom is -0.487 e. The van der Waals surface area contributed by atoms with E-state index in [2.05, 4.69) is 4.98 Å². The summed E-state index contributed by atoms with van der Waals surface area (Å²) in [6.07, 6.45) is 4.76.